The van der Waals surface area contributed by atoms with Gasteiger partial charge in [-0.15, -0.1) is 0 Å². The Morgan fingerprint density at radius 3 is 2.63 bits per heavy atom. The van der Waals surface area contributed by atoms with Crippen molar-refractivity contribution >= 4 is 34.4 Å². The molecule has 0 saturated carbocycles. The Balaban J connectivity index is 1.33. The van der Waals surface area contributed by atoms with Gasteiger partial charge >= 0.3 is 6.03 Å². The van der Waals surface area contributed by atoms with Gasteiger partial charge in [0, 0.05) is 42.8 Å². The van der Waals surface area contributed by atoms with Crippen LogP contribution in [0.4, 0.5) is 10.5 Å². The second-order valence-corrected chi connectivity index (χ2v) is 10.9. The van der Waals surface area contributed by atoms with Crippen molar-refractivity contribution < 1.29 is 23.9 Å². The van der Waals surface area contributed by atoms with E-state index in [1.165, 1.54) is 4.90 Å². The van der Waals surface area contributed by atoms with Crippen LogP contribution in [-0.4, -0.2) is 60.6 Å². The summed E-state index contributed by atoms with van der Waals surface area (Å²) >= 11 is 0. The standard InChI is InChI=1S/C34H36N4O5/c1-3-4-18-43-19-10-17-35-32(39)25-14-6-8-16-28(25)38-33(40)29-21-26-24-13-5-7-15-27(24)36-30(26)31(37(29)34(38)41)22-11-9-12-23(20-22)42-2/h5-9,11-16,20,29,31,36H,3-4,10,17-19,21H2,1-2H3,(H,35,39)/t29-,31?/m0/s1. The van der Waals surface area contributed by atoms with Gasteiger partial charge in [0.25, 0.3) is 11.8 Å². The Kier molecular flexibility index (Phi) is 8.16. The third-order valence-electron chi connectivity index (χ3n) is 8.24. The van der Waals surface area contributed by atoms with Crippen molar-refractivity contribution in [2.24, 2.45) is 0 Å². The number of H-pyrrole nitrogens is 1. The van der Waals surface area contributed by atoms with Crippen LogP contribution in [0.3, 0.4) is 0 Å². The summed E-state index contributed by atoms with van der Waals surface area (Å²) in [5, 5.41) is 3.95. The summed E-state index contributed by atoms with van der Waals surface area (Å²) in [5.74, 6) is -0.0292. The molecule has 2 N–H and O–H groups in total. The lowest BCUT2D eigenvalue weighted by Gasteiger charge is -2.36. The van der Waals surface area contributed by atoms with Crippen LogP contribution in [0.5, 0.6) is 5.75 Å². The first kappa shape index (κ1) is 28.5. The first-order valence-electron chi connectivity index (χ1n) is 14.9. The van der Waals surface area contributed by atoms with Crippen LogP contribution in [0.15, 0.2) is 72.8 Å². The molecule has 222 valence electrons. The monoisotopic (exact) mass is 580 g/mol. The number of unbranched alkanes of at least 4 members (excludes halogenated alkanes) is 1. The van der Waals surface area contributed by atoms with E-state index in [0.29, 0.717) is 38.3 Å². The van der Waals surface area contributed by atoms with Gasteiger partial charge in [-0.1, -0.05) is 55.8 Å². The molecule has 2 aliphatic rings. The Morgan fingerprint density at radius 2 is 1.79 bits per heavy atom. The summed E-state index contributed by atoms with van der Waals surface area (Å²) in [6.45, 7) is 3.80. The van der Waals surface area contributed by atoms with Crippen LogP contribution < -0.4 is 15.0 Å². The Bertz CT molecular complexity index is 1660. The number of aromatic amines is 1. The van der Waals surface area contributed by atoms with E-state index in [2.05, 4.69) is 17.2 Å². The number of carbonyl (C=O) groups is 3. The largest absolute Gasteiger partial charge is 0.497 e. The number of anilines is 1. The van der Waals surface area contributed by atoms with Crippen LogP contribution in [0.1, 0.15) is 59.4 Å². The van der Waals surface area contributed by atoms with Gasteiger partial charge in [-0.05, 0) is 54.3 Å². The molecule has 2 aliphatic heterocycles. The summed E-state index contributed by atoms with van der Waals surface area (Å²) in [4.78, 5) is 48.1. The molecule has 0 bridgehead atoms. The predicted octanol–water partition coefficient (Wildman–Crippen LogP) is 5.60. The van der Waals surface area contributed by atoms with Crippen LogP contribution in [0.2, 0.25) is 0 Å². The van der Waals surface area contributed by atoms with Crippen LogP contribution in [0.25, 0.3) is 10.9 Å². The maximum Gasteiger partial charge on any atom is 0.332 e. The quantitative estimate of drug-likeness (QED) is 0.178. The number of nitrogens with one attached hydrogen (secondary N) is 2. The van der Waals surface area contributed by atoms with Crippen LogP contribution in [0, 0.1) is 0 Å². The Hall–Kier alpha value is -4.63. The van der Waals surface area contributed by atoms with Crippen LogP contribution >= 0.6 is 0 Å². The maximum atomic E-state index is 14.3. The van der Waals surface area contributed by atoms with Gasteiger partial charge in [-0.2, -0.15) is 0 Å². The SMILES string of the molecule is CCCCOCCCNC(=O)c1ccccc1N1C(=O)[C@@H]2Cc3c([nH]c4ccccc34)C(c3cccc(OC)c3)N2C1=O. The summed E-state index contributed by atoms with van der Waals surface area (Å²) in [6.07, 6.45) is 3.12. The van der Waals surface area contributed by atoms with E-state index in [1.807, 2.05) is 48.5 Å². The first-order valence-corrected chi connectivity index (χ1v) is 14.9. The molecule has 4 aromatic rings. The number of imide groups is 1. The van der Waals surface area contributed by atoms with E-state index in [9.17, 15) is 14.4 Å². The van der Waals surface area contributed by atoms with E-state index in [1.54, 1.807) is 36.3 Å². The second-order valence-electron chi connectivity index (χ2n) is 10.9. The number of aromatic nitrogens is 1. The third kappa shape index (κ3) is 5.25. The molecule has 4 amide bonds. The fourth-order valence-corrected chi connectivity index (χ4v) is 6.13. The fraction of sp³-hybridized carbons (Fsp3) is 0.324. The molecule has 0 spiro atoms. The minimum absolute atomic E-state index is 0.276. The van der Waals surface area contributed by atoms with Gasteiger partial charge < -0.3 is 19.8 Å². The zero-order valence-electron chi connectivity index (χ0n) is 24.5. The highest BCUT2D eigenvalue weighted by Crippen LogP contribution is 2.45. The maximum absolute atomic E-state index is 14.3. The van der Waals surface area contributed by atoms with E-state index in [0.717, 1.165) is 40.6 Å². The number of ether oxygens (including phenoxy) is 2. The van der Waals surface area contributed by atoms with Crippen molar-refractivity contribution in [1.29, 1.82) is 0 Å². The van der Waals surface area contributed by atoms with Gasteiger partial charge in [0.2, 0.25) is 0 Å². The molecule has 3 aromatic carbocycles. The van der Waals surface area contributed by atoms with E-state index < -0.39 is 18.1 Å². The van der Waals surface area contributed by atoms with Gasteiger partial charge in [-0.25, -0.2) is 9.69 Å². The Morgan fingerprint density at radius 1 is 1.00 bits per heavy atom. The summed E-state index contributed by atoms with van der Waals surface area (Å²) in [7, 11) is 1.60. The molecular weight excluding hydrogens is 544 g/mol. The molecule has 1 saturated heterocycles. The number of rotatable bonds is 11. The van der Waals surface area contributed by atoms with Gasteiger partial charge in [0.1, 0.15) is 17.8 Å². The highest BCUT2D eigenvalue weighted by molar-refractivity contribution is 6.24. The molecule has 1 aromatic heterocycles. The normalized spacial score (nSPS) is 17.7. The molecule has 2 atom stereocenters. The minimum Gasteiger partial charge on any atom is -0.497 e. The lowest BCUT2D eigenvalue weighted by atomic mass is 9.89. The topological polar surface area (TPSA) is 104 Å². The molecule has 6 rings (SSSR count). The van der Waals surface area contributed by atoms with E-state index in [4.69, 9.17) is 9.47 Å². The number of benzene rings is 3. The average molecular weight is 581 g/mol. The first-order chi connectivity index (χ1) is 21.0. The number of hydrogen-bond acceptors (Lipinski definition) is 5. The summed E-state index contributed by atoms with van der Waals surface area (Å²) in [6, 6.07) is 20.6. The molecule has 9 heteroatoms. The number of urea groups is 1. The smallest absolute Gasteiger partial charge is 0.332 e. The van der Waals surface area contributed by atoms with Crippen LogP contribution in [-0.2, 0) is 16.0 Å². The minimum atomic E-state index is -0.730. The van der Waals surface area contributed by atoms with E-state index >= 15 is 0 Å². The average Bonchev–Trinajstić information content (AvgIpc) is 3.53. The van der Waals surface area contributed by atoms with Crippen molar-refractivity contribution in [3.8, 4) is 5.75 Å². The third-order valence-corrected chi connectivity index (χ3v) is 8.24. The highest BCUT2D eigenvalue weighted by atomic mass is 16.5. The zero-order chi connectivity index (χ0) is 29.9. The number of methoxy groups -OCH3 is 1. The summed E-state index contributed by atoms with van der Waals surface area (Å²) < 4.78 is 11.1. The molecular formula is C34H36N4O5. The van der Waals surface area contributed by atoms with Crippen molar-refractivity contribution in [3.63, 3.8) is 0 Å². The number of amides is 4. The Labute approximate surface area is 250 Å². The highest BCUT2D eigenvalue weighted by Gasteiger charge is 2.53. The predicted molar refractivity (Wildman–Crippen MR) is 164 cm³/mol. The van der Waals surface area contributed by atoms with Gasteiger partial charge in [0.15, 0.2) is 0 Å². The molecule has 1 fully saturated rings. The number of fused-ring (bicyclic) bond motifs is 4. The van der Waals surface area contributed by atoms with Crippen molar-refractivity contribution in [2.75, 3.05) is 31.8 Å². The second kappa shape index (κ2) is 12.3. The molecule has 43 heavy (non-hydrogen) atoms. The van der Waals surface area contributed by atoms with Crippen molar-refractivity contribution in [2.45, 2.75) is 44.7 Å². The molecule has 9 nitrogen and oxygen atoms in total. The molecule has 0 aliphatic carbocycles. The number of nitrogens with zero attached hydrogens (tertiary/aromatic N) is 2. The lowest BCUT2D eigenvalue weighted by molar-refractivity contribution is -0.120. The van der Waals surface area contributed by atoms with Gasteiger partial charge in [-0.3, -0.25) is 14.5 Å². The summed E-state index contributed by atoms with van der Waals surface area (Å²) in [5.41, 5.74) is 4.23. The van der Waals surface area contributed by atoms with Crippen molar-refractivity contribution in [1.82, 2.24) is 15.2 Å². The lowest BCUT2D eigenvalue weighted by Crippen LogP contribution is -2.44. The number of carbonyl (C=O) groups excluding carboxylic acids is 3. The fourth-order valence-electron chi connectivity index (χ4n) is 6.13. The zero-order valence-corrected chi connectivity index (χ0v) is 24.5. The van der Waals surface area contributed by atoms with E-state index in [-0.39, 0.29) is 23.1 Å². The molecule has 0 radical (unpaired) electrons. The number of hydrogen-bond donors (Lipinski definition) is 2. The van der Waals surface area contributed by atoms with Gasteiger partial charge in [0.05, 0.1) is 18.4 Å². The molecule has 1 unspecified atom stereocenters. The molecule has 3 heterocycles. The number of para-hydroxylation sites is 2. The van der Waals surface area contributed by atoms with Crippen molar-refractivity contribution in [3.05, 3.63) is 95.2 Å².